The molecule has 3 aromatic rings. The van der Waals surface area contributed by atoms with E-state index in [9.17, 15) is 9.59 Å². The standard InChI is InChI=1S/C28H31N5O2S/c1-19(28(35)33-13-8-21-10-15-36-25(21)9-14-33)16-26(30-18-29)32-11-6-20(7-12-32)23-17-22-4-2-3-5-24(22)31-27(23)34/h2-5,10,15-18,20H,1,6-9,11-14H2,(H2,29,30)(H,31,34)/b26-16+. The molecule has 0 bridgehead atoms. The number of H-pyrrole nitrogens is 1. The molecule has 3 N–H and O–H groups in total. The van der Waals surface area contributed by atoms with Crippen LogP contribution in [0.3, 0.4) is 0 Å². The zero-order valence-electron chi connectivity index (χ0n) is 20.3. The third-order valence-corrected chi connectivity index (χ3v) is 8.23. The fourth-order valence-electron chi connectivity index (χ4n) is 5.21. The summed E-state index contributed by atoms with van der Waals surface area (Å²) in [6.07, 6.45) is 6.38. The van der Waals surface area contributed by atoms with Gasteiger partial charge < -0.3 is 20.5 Å². The highest BCUT2D eigenvalue weighted by Crippen LogP contribution is 2.29. The van der Waals surface area contributed by atoms with Gasteiger partial charge in [-0.2, -0.15) is 0 Å². The summed E-state index contributed by atoms with van der Waals surface area (Å²) in [4.78, 5) is 38.6. The Kier molecular flexibility index (Phi) is 7.04. The second kappa shape index (κ2) is 10.5. The van der Waals surface area contributed by atoms with Crippen molar-refractivity contribution in [1.29, 1.82) is 0 Å². The molecule has 0 saturated carbocycles. The van der Waals surface area contributed by atoms with E-state index in [1.807, 2.05) is 35.2 Å². The highest BCUT2D eigenvalue weighted by molar-refractivity contribution is 7.10. The van der Waals surface area contributed by atoms with E-state index >= 15 is 0 Å². The molecule has 0 atom stereocenters. The van der Waals surface area contributed by atoms with Gasteiger partial charge in [-0.3, -0.25) is 9.59 Å². The predicted molar refractivity (Wildman–Crippen MR) is 146 cm³/mol. The van der Waals surface area contributed by atoms with Gasteiger partial charge in [-0.1, -0.05) is 24.8 Å². The van der Waals surface area contributed by atoms with Gasteiger partial charge in [-0.25, -0.2) is 4.99 Å². The third kappa shape index (κ3) is 4.99. The average Bonchev–Trinajstić information content (AvgIpc) is 3.25. The summed E-state index contributed by atoms with van der Waals surface area (Å²) in [7, 11) is 0. The van der Waals surface area contributed by atoms with Crippen molar-refractivity contribution in [3.63, 3.8) is 0 Å². The van der Waals surface area contributed by atoms with Crippen LogP contribution in [-0.4, -0.2) is 53.2 Å². The number of piperidine rings is 1. The summed E-state index contributed by atoms with van der Waals surface area (Å²) in [6, 6.07) is 12.0. The van der Waals surface area contributed by atoms with Gasteiger partial charge in [0.1, 0.15) is 5.82 Å². The molecule has 186 valence electrons. The van der Waals surface area contributed by atoms with Crippen molar-refractivity contribution >= 4 is 34.5 Å². The zero-order chi connectivity index (χ0) is 25.1. The van der Waals surface area contributed by atoms with E-state index in [0.29, 0.717) is 37.6 Å². The minimum atomic E-state index is -0.0625. The lowest BCUT2D eigenvalue weighted by atomic mass is 9.89. The van der Waals surface area contributed by atoms with E-state index in [1.165, 1.54) is 16.8 Å². The molecular weight excluding hydrogens is 470 g/mol. The van der Waals surface area contributed by atoms with Crippen molar-refractivity contribution in [3.05, 3.63) is 92.2 Å². The van der Waals surface area contributed by atoms with Crippen molar-refractivity contribution in [2.24, 2.45) is 10.7 Å². The van der Waals surface area contributed by atoms with Gasteiger partial charge >= 0.3 is 0 Å². The molecule has 4 heterocycles. The lowest BCUT2D eigenvalue weighted by molar-refractivity contribution is -0.126. The van der Waals surface area contributed by atoms with E-state index < -0.39 is 0 Å². The number of carbonyl (C=O) groups is 1. The molecule has 1 aromatic carbocycles. The molecule has 1 fully saturated rings. The number of aromatic nitrogens is 1. The quantitative estimate of drug-likeness (QED) is 0.241. The van der Waals surface area contributed by atoms with Crippen LogP contribution in [0.5, 0.6) is 0 Å². The van der Waals surface area contributed by atoms with Crippen LogP contribution in [-0.2, 0) is 17.6 Å². The third-order valence-electron chi connectivity index (χ3n) is 7.21. The van der Waals surface area contributed by atoms with Crippen LogP contribution in [0, 0.1) is 0 Å². The zero-order valence-corrected chi connectivity index (χ0v) is 21.1. The van der Waals surface area contributed by atoms with Crippen molar-refractivity contribution < 1.29 is 4.79 Å². The molecule has 0 aliphatic carbocycles. The van der Waals surface area contributed by atoms with E-state index in [-0.39, 0.29) is 17.4 Å². The first-order valence-corrected chi connectivity index (χ1v) is 13.3. The van der Waals surface area contributed by atoms with E-state index in [4.69, 9.17) is 5.73 Å². The number of para-hydroxylation sites is 1. The molecule has 2 aliphatic rings. The van der Waals surface area contributed by atoms with Gasteiger partial charge in [-0.05, 0) is 72.2 Å². The molecule has 1 saturated heterocycles. The van der Waals surface area contributed by atoms with Crippen molar-refractivity contribution in [2.45, 2.75) is 31.6 Å². The number of nitrogens with two attached hydrogens (primary N) is 1. The van der Waals surface area contributed by atoms with Gasteiger partial charge in [0, 0.05) is 47.7 Å². The average molecular weight is 502 g/mol. The van der Waals surface area contributed by atoms with Crippen LogP contribution >= 0.6 is 11.3 Å². The second-order valence-corrected chi connectivity index (χ2v) is 10.4. The SMILES string of the molecule is C=C(/C=C(\N=C/N)N1CCC(c2cc3ccccc3[nH]c2=O)CC1)C(=O)N1CCc2ccsc2CC1. The minimum Gasteiger partial charge on any atom is -0.390 e. The monoisotopic (exact) mass is 501 g/mol. The lowest BCUT2D eigenvalue weighted by Crippen LogP contribution is -2.35. The summed E-state index contributed by atoms with van der Waals surface area (Å²) in [5.74, 6) is 0.740. The smallest absolute Gasteiger partial charge is 0.253 e. The minimum absolute atomic E-state index is 0.0197. The Morgan fingerprint density at radius 2 is 1.89 bits per heavy atom. The summed E-state index contributed by atoms with van der Waals surface area (Å²) in [5.41, 5.74) is 9.07. The molecule has 5 rings (SSSR count). The number of fused-ring (bicyclic) bond motifs is 2. The Morgan fingerprint density at radius 3 is 2.69 bits per heavy atom. The number of rotatable bonds is 5. The first-order valence-electron chi connectivity index (χ1n) is 12.4. The fourth-order valence-corrected chi connectivity index (χ4v) is 6.14. The molecule has 1 amide bonds. The topological polar surface area (TPSA) is 94.8 Å². The first kappa shape index (κ1) is 24.1. The molecule has 36 heavy (non-hydrogen) atoms. The number of benzene rings is 1. The van der Waals surface area contributed by atoms with E-state index in [0.717, 1.165) is 42.1 Å². The normalized spacial score (nSPS) is 17.4. The maximum Gasteiger partial charge on any atom is 0.253 e. The van der Waals surface area contributed by atoms with Gasteiger partial charge in [0.2, 0.25) is 0 Å². The molecular formula is C28H31N5O2S. The Labute approximate surface area is 214 Å². The number of nitrogens with one attached hydrogen (secondary N) is 1. The number of likely N-dealkylation sites (tertiary alicyclic amines) is 1. The number of hydrogen-bond donors (Lipinski definition) is 2. The van der Waals surface area contributed by atoms with E-state index in [2.05, 4.69) is 32.9 Å². The number of carbonyl (C=O) groups excluding carboxylic acids is 1. The molecule has 2 aliphatic heterocycles. The first-order chi connectivity index (χ1) is 17.5. The predicted octanol–water partition coefficient (Wildman–Crippen LogP) is 3.78. The number of pyridine rings is 1. The van der Waals surface area contributed by atoms with Gasteiger partial charge in [0.05, 0.1) is 6.34 Å². The van der Waals surface area contributed by atoms with Crippen LogP contribution in [0.25, 0.3) is 10.9 Å². The van der Waals surface area contributed by atoms with Crippen LogP contribution in [0.2, 0.25) is 0 Å². The van der Waals surface area contributed by atoms with Gasteiger partial charge in [-0.15, -0.1) is 11.3 Å². The Balaban J connectivity index is 1.26. The fraction of sp³-hybridized carbons (Fsp3) is 0.321. The Morgan fingerprint density at radius 1 is 1.11 bits per heavy atom. The van der Waals surface area contributed by atoms with Gasteiger partial charge in [0.25, 0.3) is 11.5 Å². The Hall–Kier alpha value is -3.65. The molecule has 0 unspecified atom stereocenters. The molecule has 2 aromatic heterocycles. The molecule has 0 radical (unpaired) electrons. The molecule has 0 spiro atoms. The van der Waals surface area contributed by atoms with Crippen LogP contribution in [0.4, 0.5) is 0 Å². The highest BCUT2D eigenvalue weighted by atomic mass is 32.1. The largest absolute Gasteiger partial charge is 0.390 e. The number of hydrogen-bond acceptors (Lipinski definition) is 5. The summed E-state index contributed by atoms with van der Waals surface area (Å²) < 4.78 is 0. The number of amides is 1. The van der Waals surface area contributed by atoms with Crippen molar-refractivity contribution in [2.75, 3.05) is 26.2 Å². The summed E-state index contributed by atoms with van der Waals surface area (Å²) in [5, 5.41) is 3.17. The highest BCUT2D eigenvalue weighted by Gasteiger charge is 2.25. The van der Waals surface area contributed by atoms with Gasteiger partial charge in [0.15, 0.2) is 0 Å². The maximum atomic E-state index is 13.2. The van der Waals surface area contributed by atoms with Crippen LogP contribution in [0.15, 0.2) is 75.6 Å². The number of thiophene rings is 1. The van der Waals surface area contributed by atoms with Crippen LogP contribution < -0.4 is 11.3 Å². The Bertz CT molecular complexity index is 1370. The number of nitrogens with zero attached hydrogens (tertiary/aromatic N) is 3. The maximum absolute atomic E-state index is 13.2. The molecule has 8 heteroatoms. The van der Waals surface area contributed by atoms with Crippen molar-refractivity contribution in [3.8, 4) is 0 Å². The molecule has 7 nitrogen and oxygen atoms in total. The number of aliphatic imine (C=N–C) groups is 1. The second-order valence-electron chi connectivity index (χ2n) is 9.37. The van der Waals surface area contributed by atoms with Crippen LogP contribution in [0.1, 0.15) is 34.8 Å². The summed E-state index contributed by atoms with van der Waals surface area (Å²) >= 11 is 1.76. The lowest BCUT2D eigenvalue weighted by Gasteiger charge is -2.33. The summed E-state index contributed by atoms with van der Waals surface area (Å²) in [6.45, 7) is 6.88. The van der Waals surface area contributed by atoms with E-state index in [1.54, 1.807) is 17.4 Å². The number of aromatic amines is 1. The van der Waals surface area contributed by atoms with Crippen molar-refractivity contribution in [1.82, 2.24) is 14.8 Å².